The largest absolute Gasteiger partial charge is 0.493 e. The van der Waals surface area contributed by atoms with Crippen molar-refractivity contribution >= 4 is 23.2 Å². The van der Waals surface area contributed by atoms with E-state index in [2.05, 4.69) is 10.6 Å². The minimum absolute atomic E-state index is 0.0998. The van der Waals surface area contributed by atoms with Gasteiger partial charge in [0.05, 0.1) is 20.3 Å². The maximum atomic E-state index is 12.4. The van der Waals surface area contributed by atoms with Gasteiger partial charge in [-0.3, -0.25) is 4.79 Å². The standard InChI is InChI=1S/C19H23ClN2O3/c1-12(14-5-7-15(20)8-6-14)22-19(23)13(2)21-16-9-10-17(24-3)18(11-16)25-4/h5-13,21H,1-4H3,(H,22,23). The number of methoxy groups -OCH3 is 2. The molecule has 0 bridgehead atoms. The van der Waals surface area contributed by atoms with E-state index in [0.29, 0.717) is 16.5 Å². The monoisotopic (exact) mass is 362 g/mol. The van der Waals surface area contributed by atoms with Crippen LogP contribution in [0, 0.1) is 0 Å². The van der Waals surface area contributed by atoms with Gasteiger partial charge >= 0.3 is 0 Å². The molecule has 25 heavy (non-hydrogen) atoms. The van der Waals surface area contributed by atoms with Gasteiger partial charge in [0, 0.05) is 16.8 Å². The van der Waals surface area contributed by atoms with Gasteiger partial charge in [-0.05, 0) is 43.7 Å². The highest BCUT2D eigenvalue weighted by Gasteiger charge is 2.17. The zero-order valence-electron chi connectivity index (χ0n) is 14.8. The van der Waals surface area contributed by atoms with Gasteiger partial charge in [-0.15, -0.1) is 0 Å². The Balaban J connectivity index is 1.99. The summed E-state index contributed by atoms with van der Waals surface area (Å²) in [7, 11) is 3.16. The van der Waals surface area contributed by atoms with Crippen LogP contribution in [0.15, 0.2) is 42.5 Å². The minimum Gasteiger partial charge on any atom is -0.493 e. The van der Waals surface area contributed by atoms with Crippen molar-refractivity contribution in [1.29, 1.82) is 0 Å². The Hall–Kier alpha value is -2.40. The van der Waals surface area contributed by atoms with E-state index >= 15 is 0 Å². The highest BCUT2D eigenvalue weighted by Crippen LogP contribution is 2.30. The number of hydrogen-bond acceptors (Lipinski definition) is 4. The quantitative estimate of drug-likeness (QED) is 0.780. The Kier molecular flexibility index (Phi) is 6.53. The van der Waals surface area contributed by atoms with Crippen LogP contribution in [0.1, 0.15) is 25.5 Å². The summed E-state index contributed by atoms with van der Waals surface area (Å²) in [5, 5.41) is 6.82. The predicted octanol–water partition coefficient (Wildman–Crippen LogP) is 4.04. The zero-order chi connectivity index (χ0) is 18.4. The van der Waals surface area contributed by atoms with E-state index in [1.54, 1.807) is 33.3 Å². The predicted molar refractivity (Wildman–Crippen MR) is 101 cm³/mol. The van der Waals surface area contributed by atoms with Gasteiger partial charge < -0.3 is 20.1 Å². The van der Waals surface area contributed by atoms with Crippen LogP contribution in [0.4, 0.5) is 5.69 Å². The fourth-order valence-corrected chi connectivity index (χ4v) is 2.54. The maximum Gasteiger partial charge on any atom is 0.242 e. The fourth-order valence-electron chi connectivity index (χ4n) is 2.41. The van der Waals surface area contributed by atoms with Crippen molar-refractivity contribution in [3.63, 3.8) is 0 Å². The van der Waals surface area contributed by atoms with Crippen molar-refractivity contribution in [2.75, 3.05) is 19.5 Å². The SMILES string of the molecule is COc1ccc(NC(C)C(=O)NC(C)c2ccc(Cl)cc2)cc1OC. The molecule has 2 aromatic carbocycles. The molecule has 0 aliphatic heterocycles. The number of hydrogen-bond donors (Lipinski definition) is 2. The normalized spacial score (nSPS) is 12.8. The van der Waals surface area contributed by atoms with E-state index < -0.39 is 6.04 Å². The molecule has 0 heterocycles. The molecule has 2 unspecified atom stereocenters. The second-order valence-corrected chi connectivity index (χ2v) is 6.15. The van der Waals surface area contributed by atoms with E-state index in [0.717, 1.165) is 11.3 Å². The molecular formula is C19H23ClN2O3. The van der Waals surface area contributed by atoms with Gasteiger partial charge in [-0.1, -0.05) is 23.7 Å². The van der Waals surface area contributed by atoms with Crippen molar-refractivity contribution in [1.82, 2.24) is 5.32 Å². The van der Waals surface area contributed by atoms with Crippen LogP contribution >= 0.6 is 11.6 Å². The molecule has 2 atom stereocenters. The Morgan fingerprint density at radius 1 is 1.00 bits per heavy atom. The van der Waals surface area contributed by atoms with Gasteiger partial charge in [-0.25, -0.2) is 0 Å². The van der Waals surface area contributed by atoms with E-state index in [9.17, 15) is 4.79 Å². The molecule has 134 valence electrons. The van der Waals surface area contributed by atoms with Crippen LogP contribution in [0.25, 0.3) is 0 Å². The second kappa shape index (κ2) is 8.62. The number of benzene rings is 2. The number of anilines is 1. The van der Waals surface area contributed by atoms with Crippen LogP contribution in [-0.2, 0) is 4.79 Å². The summed E-state index contributed by atoms with van der Waals surface area (Å²) in [5.74, 6) is 1.15. The number of carbonyl (C=O) groups excluding carboxylic acids is 1. The summed E-state index contributed by atoms with van der Waals surface area (Å²) < 4.78 is 10.5. The van der Waals surface area contributed by atoms with Crippen LogP contribution in [0.2, 0.25) is 5.02 Å². The first-order chi connectivity index (χ1) is 11.9. The highest BCUT2D eigenvalue weighted by molar-refractivity contribution is 6.30. The van der Waals surface area contributed by atoms with Crippen LogP contribution in [-0.4, -0.2) is 26.2 Å². The fraction of sp³-hybridized carbons (Fsp3) is 0.316. The third-order valence-electron chi connectivity index (χ3n) is 3.89. The van der Waals surface area contributed by atoms with Gasteiger partial charge in [0.1, 0.15) is 6.04 Å². The summed E-state index contributed by atoms with van der Waals surface area (Å²) in [6, 6.07) is 12.3. The van der Waals surface area contributed by atoms with Crippen molar-refractivity contribution < 1.29 is 14.3 Å². The zero-order valence-corrected chi connectivity index (χ0v) is 15.6. The lowest BCUT2D eigenvalue weighted by Crippen LogP contribution is -2.38. The second-order valence-electron chi connectivity index (χ2n) is 5.72. The first-order valence-corrected chi connectivity index (χ1v) is 8.36. The molecule has 2 rings (SSSR count). The molecule has 0 saturated heterocycles. The number of amides is 1. The molecule has 6 heteroatoms. The third kappa shape index (κ3) is 5.03. The summed E-state index contributed by atoms with van der Waals surface area (Å²) in [5.41, 5.74) is 1.77. The lowest BCUT2D eigenvalue weighted by molar-refractivity contribution is -0.122. The summed E-state index contributed by atoms with van der Waals surface area (Å²) in [6.45, 7) is 3.74. The van der Waals surface area contributed by atoms with Gasteiger partial charge in [0.15, 0.2) is 11.5 Å². The first-order valence-electron chi connectivity index (χ1n) is 7.99. The van der Waals surface area contributed by atoms with E-state index in [1.807, 2.05) is 37.3 Å². The summed E-state index contributed by atoms with van der Waals surface area (Å²) >= 11 is 5.89. The molecule has 2 N–H and O–H groups in total. The Bertz CT molecular complexity index is 719. The number of ether oxygens (including phenoxy) is 2. The average molecular weight is 363 g/mol. The molecule has 0 saturated carbocycles. The molecule has 1 amide bonds. The molecule has 0 spiro atoms. The number of rotatable bonds is 7. The van der Waals surface area contributed by atoms with Gasteiger partial charge in [0.2, 0.25) is 5.91 Å². The van der Waals surface area contributed by atoms with Crippen molar-refractivity contribution in [2.45, 2.75) is 25.9 Å². The van der Waals surface area contributed by atoms with Crippen molar-refractivity contribution in [3.8, 4) is 11.5 Å². The molecule has 0 aliphatic rings. The summed E-state index contributed by atoms with van der Waals surface area (Å²) in [6.07, 6.45) is 0. The number of nitrogens with one attached hydrogen (secondary N) is 2. The number of halogens is 1. The lowest BCUT2D eigenvalue weighted by atomic mass is 10.1. The molecule has 0 aromatic heterocycles. The Morgan fingerprint density at radius 3 is 2.24 bits per heavy atom. The average Bonchev–Trinajstić information content (AvgIpc) is 2.61. The summed E-state index contributed by atoms with van der Waals surface area (Å²) in [4.78, 5) is 12.4. The lowest BCUT2D eigenvalue weighted by Gasteiger charge is -2.20. The topological polar surface area (TPSA) is 59.6 Å². The van der Waals surface area contributed by atoms with Crippen LogP contribution in [0.5, 0.6) is 11.5 Å². The molecule has 0 fully saturated rings. The first kappa shape index (κ1) is 18.9. The van der Waals surface area contributed by atoms with Crippen LogP contribution in [0.3, 0.4) is 0 Å². The van der Waals surface area contributed by atoms with Crippen molar-refractivity contribution in [2.24, 2.45) is 0 Å². The number of carbonyl (C=O) groups is 1. The molecule has 0 radical (unpaired) electrons. The highest BCUT2D eigenvalue weighted by atomic mass is 35.5. The Labute approximate surface area is 153 Å². The van der Waals surface area contributed by atoms with Gasteiger partial charge in [-0.2, -0.15) is 0 Å². The Morgan fingerprint density at radius 2 is 1.64 bits per heavy atom. The molecule has 2 aromatic rings. The van der Waals surface area contributed by atoms with E-state index in [1.165, 1.54) is 0 Å². The molecule has 5 nitrogen and oxygen atoms in total. The van der Waals surface area contributed by atoms with Crippen LogP contribution < -0.4 is 20.1 Å². The van der Waals surface area contributed by atoms with Gasteiger partial charge in [0.25, 0.3) is 0 Å². The minimum atomic E-state index is -0.409. The molecule has 0 aliphatic carbocycles. The smallest absolute Gasteiger partial charge is 0.242 e. The third-order valence-corrected chi connectivity index (χ3v) is 4.14. The van der Waals surface area contributed by atoms with E-state index in [-0.39, 0.29) is 11.9 Å². The van der Waals surface area contributed by atoms with E-state index in [4.69, 9.17) is 21.1 Å². The van der Waals surface area contributed by atoms with Crippen molar-refractivity contribution in [3.05, 3.63) is 53.1 Å². The molecular weight excluding hydrogens is 340 g/mol. The maximum absolute atomic E-state index is 12.4.